The fourth-order valence-corrected chi connectivity index (χ4v) is 1.58. The number of aromatic nitrogens is 1. The Morgan fingerprint density at radius 2 is 2.20 bits per heavy atom. The maximum Gasteiger partial charge on any atom is 0.268 e. The lowest BCUT2D eigenvalue weighted by molar-refractivity contribution is 1.28. The Labute approximate surface area is 89.9 Å². The van der Waals surface area contributed by atoms with E-state index < -0.39 is 5.56 Å². The average molecular weight is 220 g/mol. The van der Waals surface area contributed by atoms with Crippen LogP contribution in [0.4, 0.5) is 5.69 Å². The molecule has 4 nitrogen and oxygen atoms in total. The van der Waals surface area contributed by atoms with Gasteiger partial charge >= 0.3 is 0 Å². The number of H-pyrrole nitrogens is 1. The SMILES string of the molecule is N#Cc1c(N)c2ccc(Cl)cc2[nH]c1=O. The summed E-state index contributed by atoms with van der Waals surface area (Å²) < 4.78 is 0. The molecular formula is C10H6ClN3O. The van der Waals surface area contributed by atoms with Crippen molar-refractivity contribution in [2.45, 2.75) is 0 Å². The highest BCUT2D eigenvalue weighted by atomic mass is 35.5. The first-order chi connectivity index (χ1) is 7.13. The minimum atomic E-state index is -0.496. The summed E-state index contributed by atoms with van der Waals surface area (Å²) in [7, 11) is 0. The number of halogens is 1. The lowest BCUT2D eigenvalue weighted by atomic mass is 10.1. The van der Waals surface area contributed by atoms with Crippen molar-refractivity contribution < 1.29 is 0 Å². The Hall–Kier alpha value is -1.99. The van der Waals surface area contributed by atoms with Crippen molar-refractivity contribution in [2.75, 3.05) is 5.73 Å². The number of pyridine rings is 1. The van der Waals surface area contributed by atoms with Crippen LogP contribution in [0.15, 0.2) is 23.0 Å². The van der Waals surface area contributed by atoms with Crippen molar-refractivity contribution in [3.05, 3.63) is 39.1 Å². The van der Waals surface area contributed by atoms with Gasteiger partial charge in [-0.2, -0.15) is 5.26 Å². The lowest BCUT2D eigenvalue weighted by Crippen LogP contribution is -2.13. The van der Waals surface area contributed by atoms with Crippen molar-refractivity contribution in [3.8, 4) is 6.07 Å². The van der Waals surface area contributed by atoms with Gasteiger partial charge in [0.25, 0.3) is 5.56 Å². The third-order valence-corrected chi connectivity index (χ3v) is 2.36. The van der Waals surface area contributed by atoms with E-state index in [1.54, 1.807) is 24.3 Å². The molecule has 0 fully saturated rings. The second kappa shape index (κ2) is 3.30. The van der Waals surface area contributed by atoms with E-state index in [4.69, 9.17) is 22.6 Å². The molecular weight excluding hydrogens is 214 g/mol. The summed E-state index contributed by atoms with van der Waals surface area (Å²) in [6.07, 6.45) is 0. The van der Waals surface area contributed by atoms with E-state index >= 15 is 0 Å². The van der Waals surface area contributed by atoms with Gasteiger partial charge in [0.05, 0.1) is 11.2 Å². The second-order valence-electron chi connectivity index (χ2n) is 3.04. The average Bonchev–Trinajstić information content (AvgIpc) is 2.17. The van der Waals surface area contributed by atoms with E-state index in [2.05, 4.69) is 4.98 Å². The maximum absolute atomic E-state index is 11.4. The fraction of sp³-hybridized carbons (Fsp3) is 0. The molecule has 0 saturated heterocycles. The molecule has 0 bridgehead atoms. The Morgan fingerprint density at radius 3 is 2.87 bits per heavy atom. The first-order valence-electron chi connectivity index (χ1n) is 4.14. The largest absolute Gasteiger partial charge is 0.397 e. The summed E-state index contributed by atoms with van der Waals surface area (Å²) >= 11 is 5.77. The maximum atomic E-state index is 11.4. The van der Waals surface area contributed by atoms with Crippen molar-refractivity contribution in [3.63, 3.8) is 0 Å². The van der Waals surface area contributed by atoms with Gasteiger partial charge in [-0.25, -0.2) is 0 Å². The Bertz CT molecular complexity index is 639. The van der Waals surface area contributed by atoms with Gasteiger partial charge in [-0.15, -0.1) is 0 Å². The van der Waals surface area contributed by atoms with E-state index in [-0.39, 0.29) is 11.3 Å². The van der Waals surface area contributed by atoms with Crippen molar-refractivity contribution >= 4 is 28.2 Å². The topological polar surface area (TPSA) is 82.7 Å². The predicted octanol–water partition coefficient (Wildman–Crippen LogP) is 1.64. The Balaban J connectivity index is 2.99. The number of aromatic amines is 1. The molecule has 74 valence electrons. The van der Waals surface area contributed by atoms with E-state index in [9.17, 15) is 4.79 Å². The summed E-state index contributed by atoms with van der Waals surface area (Å²) in [6, 6.07) is 6.68. The molecule has 2 aromatic rings. The molecule has 15 heavy (non-hydrogen) atoms. The zero-order valence-corrected chi connectivity index (χ0v) is 8.30. The van der Waals surface area contributed by atoms with Crippen LogP contribution in [-0.2, 0) is 0 Å². The van der Waals surface area contributed by atoms with Gasteiger partial charge in [-0.3, -0.25) is 4.79 Å². The summed E-state index contributed by atoms with van der Waals surface area (Å²) in [6.45, 7) is 0. The number of benzene rings is 1. The van der Waals surface area contributed by atoms with E-state index in [1.165, 1.54) is 0 Å². The van der Waals surface area contributed by atoms with Gasteiger partial charge < -0.3 is 10.7 Å². The molecule has 0 unspecified atom stereocenters. The van der Waals surface area contributed by atoms with Crippen LogP contribution in [0.3, 0.4) is 0 Å². The predicted molar refractivity (Wildman–Crippen MR) is 58.7 cm³/mol. The van der Waals surface area contributed by atoms with E-state index in [0.29, 0.717) is 15.9 Å². The summed E-state index contributed by atoms with van der Waals surface area (Å²) in [5.74, 6) is 0. The number of hydrogen-bond acceptors (Lipinski definition) is 3. The van der Waals surface area contributed by atoms with E-state index in [0.717, 1.165) is 0 Å². The minimum absolute atomic E-state index is 0.0650. The monoisotopic (exact) mass is 219 g/mol. The van der Waals surface area contributed by atoms with Gasteiger partial charge in [0, 0.05) is 10.4 Å². The van der Waals surface area contributed by atoms with Crippen LogP contribution in [0.2, 0.25) is 5.02 Å². The first-order valence-corrected chi connectivity index (χ1v) is 4.52. The molecule has 0 atom stereocenters. The molecule has 2 rings (SSSR count). The highest BCUT2D eigenvalue weighted by molar-refractivity contribution is 6.31. The van der Waals surface area contributed by atoms with E-state index in [1.807, 2.05) is 0 Å². The van der Waals surface area contributed by atoms with Crippen molar-refractivity contribution in [2.24, 2.45) is 0 Å². The molecule has 0 aliphatic rings. The molecule has 1 aromatic heterocycles. The molecule has 0 aliphatic heterocycles. The highest BCUT2D eigenvalue weighted by Crippen LogP contribution is 2.22. The molecule has 5 heteroatoms. The summed E-state index contributed by atoms with van der Waals surface area (Å²) in [4.78, 5) is 13.9. The number of anilines is 1. The highest BCUT2D eigenvalue weighted by Gasteiger charge is 2.08. The van der Waals surface area contributed by atoms with Gasteiger partial charge in [0.1, 0.15) is 11.6 Å². The summed E-state index contributed by atoms with van der Waals surface area (Å²) in [5, 5.41) is 9.86. The van der Waals surface area contributed by atoms with Crippen LogP contribution in [0.5, 0.6) is 0 Å². The van der Waals surface area contributed by atoms with Crippen LogP contribution in [0.1, 0.15) is 5.56 Å². The molecule has 0 saturated carbocycles. The smallest absolute Gasteiger partial charge is 0.268 e. The molecule has 0 amide bonds. The fourth-order valence-electron chi connectivity index (χ4n) is 1.41. The third kappa shape index (κ3) is 1.43. The summed E-state index contributed by atoms with van der Waals surface area (Å²) in [5.41, 5.74) is 5.85. The quantitative estimate of drug-likeness (QED) is 0.707. The Kier molecular flexibility index (Phi) is 2.10. The van der Waals surface area contributed by atoms with Gasteiger partial charge in [-0.05, 0) is 18.2 Å². The first kappa shape index (κ1) is 9.56. The third-order valence-electron chi connectivity index (χ3n) is 2.13. The number of nitrogens with zero attached hydrogens (tertiary/aromatic N) is 1. The number of nitrogens with two attached hydrogens (primary N) is 1. The van der Waals surface area contributed by atoms with Crippen LogP contribution in [0.25, 0.3) is 10.9 Å². The zero-order chi connectivity index (χ0) is 11.0. The number of nitrogens with one attached hydrogen (secondary N) is 1. The minimum Gasteiger partial charge on any atom is -0.397 e. The molecule has 0 aliphatic carbocycles. The van der Waals surface area contributed by atoms with Crippen LogP contribution >= 0.6 is 11.6 Å². The number of rotatable bonds is 0. The lowest BCUT2D eigenvalue weighted by Gasteiger charge is -2.03. The zero-order valence-electron chi connectivity index (χ0n) is 7.54. The van der Waals surface area contributed by atoms with Gasteiger partial charge in [-0.1, -0.05) is 11.6 Å². The molecule has 0 radical (unpaired) electrons. The standard InChI is InChI=1S/C10H6ClN3O/c11-5-1-2-6-8(3-5)14-10(15)7(4-12)9(6)13/h1-3H,(H3,13,14,15). The Morgan fingerprint density at radius 1 is 1.47 bits per heavy atom. The molecule has 3 N–H and O–H groups in total. The molecule has 1 heterocycles. The van der Waals surface area contributed by atoms with Crippen LogP contribution < -0.4 is 11.3 Å². The molecule has 1 aromatic carbocycles. The van der Waals surface area contributed by atoms with Gasteiger partial charge in [0.15, 0.2) is 0 Å². The number of fused-ring (bicyclic) bond motifs is 1. The molecule has 0 spiro atoms. The van der Waals surface area contributed by atoms with Crippen molar-refractivity contribution in [1.29, 1.82) is 5.26 Å². The number of nitriles is 1. The number of nitrogen functional groups attached to an aromatic ring is 1. The van der Waals surface area contributed by atoms with Crippen LogP contribution in [-0.4, -0.2) is 4.98 Å². The van der Waals surface area contributed by atoms with Gasteiger partial charge in [0.2, 0.25) is 0 Å². The normalized spacial score (nSPS) is 10.1. The second-order valence-corrected chi connectivity index (χ2v) is 3.48. The van der Waals surface area contributed by atoms with Crippen molar-refractivity contribution in [1.82, 2.24) is 4.98 Å². The number of hydrogen-bond donors (Lipinski definition) is 2. The van der Waals surface area contributed by atoms with Crippen LogP contribution in [0, 0.1) is 11.3 Å².